The van der Waals surface area contributed by atoms with Crippen LogP contribution < -0.4 is 5.32 Å². The number of nitrogens with one attached hydrogen (secondary N) is 1. The van der Waals surface area contributed by atoms with E-state index in [9.17, 15) is 17.8 Å². The number of carbonyl (C=O) groups excluding carboxylic acids is 1. The van der Waals surface area contributed by atoms with Crippen LogP contribution in [0.15, 0.2) is 41.6 Å². The highest BCUT2D eigenvalue weighted by Gasteiger charge is 2.27. The number of hydrogen-bond acceptors (Lipinski definition) is 7. The molecule has 1 N–H and O–H groups in total. The third-order valence-corrected chi connectivity index (χ3v) is 8.71. The van der Waals surface area contributed by atoms with Gasteiger partial charge in [0.25, 0.3) is 0 Å². The third-order valence-electron chi connectivity index (χ3n) is 5.88. The van der Waals surface area contributed by atoms with Crippen molar-refractivity contribution in [1.82, 2.24) is 9.97 Å². The third kappa shape index (κ3) is 7.45. The van der Waals surface area contributed by atoms with E-state index in [1.165, 1.54) is 31.5 Å². The number of hydrogen-bond donors (Lipinski definition) is 1. The van der Waals surface area contributed by atoms with Crippen LogP contribution >= 0.6 is 7.37 Å². The van der Waals surface area contributed by atoms with E-state index < -0.39 is 23.1 Å². The van der Waals surface area contributed by atoms with Gasteiger partial charge in [0.2, 0.25) is 13.3 Å². The first kappa shape index (κ1) is 25.5. The van der Waals surface area contributed by atoms with Crippen LogP contribution in [-0.2, 0) is 29.9 Å². The molecule has 1 aliphatic carbocycles. The highest BCUT2D eigenvalue weighted by atomic mass is 32.2. The Morgan fingerprint density at radius 2 is 1.85 bits per heavy atom. The van der Waals surface area contributed by atoms with Crippen LogP contribution in [0.1, 0.15) is 56.2 Å². The molecule has 1 saturated carbocycles. The van der Waals surface area contributed by atoms with Gasteiger partial charge in [-0.15, -0.1) is 0 Å². The minimum atomic E-state index is -3.31. The fourth-order valence-electron chi connectivity index (χ4n) is 4.25. The maximum absolute atomic E-state index is 13.2. The smallest absolute Gasteiger partial charge is 0.233 e. The molecule has 0 aliphatic heterocycles. The fraction of sp³-hybridized carbons (Fsp3) is 0.522. The van der Waals surface area contributed by atoms with E-state index in [0.29, 0.717) is 30.5 Å². The van der Waals surface area contributed by atoms with Gasteiger partial charge in [-0.3, -0.25) is 14.3 Å². The molecule has 180 valence electrons. The van der Waals surface area contributed by atoms with Gasteiger partial charge in [0.15, 0.2) is 15.7 Å². The minimum absolute atomic E-state index is 0.180. The van der Waals surface area contributed by atoms with E-state index in [4.69, 9.17) is 4.52 Å². The summed E-state index contributed by atoms with van der Waals surface area (Å²) in [6.07, 6.45) is 9.52. The van der Waals surface area contributed by atoms with E-state index >= 15 is 0 Å². The van der Waals surface area contributed by atoms with Gasteiger partial charge < -0.3 is 9.84 Å². The van der Waals surface area contributed by atoms with Gasteiger partial charge in [0, 0.05) is 12.9 Å². The van der Waals surface area contributed by atoms with E-state index in [-0.39, 0.29) is 17.0 Å². The monoisotopic (exact) mass is 493 g/mol. The number of sulfone groups is 1. The molecule has 2 atom stereocenters. The summed E-state index contributed by atoms with van der Waals surface area (Å²) in [6, 6.07) is 6.54. The van der Waals surface area contributed by atoms with E-state index in [2.05, 4.69) is 15.3 Å². The highest BCUT2D eigenvalue weighted by molar-refractivity contribution is 7.90. The van der Waals surface area contributed by atoms with Crippen molar-refractivity contribution in [2.45, 2.75) is 56.0 Å². The lowest BCUT2D eigenvalue weighted by atomic mass is 9.87. The van der Waals surface area contributed by atoms with Crippen molar-refractivity contribution in [3.8, 4) is 0 Å². The maximum atomic E-state index is 13.2. The molecule has 1 aliphatic rings. The molecule has 10 heteroatoms. The predicted octanol–water partition coefficient (Wildman–Crippen LogP) is 4.63. The number of nitrogens with zero attached hydrogens (tertiary/aromatic N) is 2. The van der Waals surface area contributed by atoms with Crippen LogP contribution in [0, 0.1) is 5.92 Å². The number of rotatable bonds is 10. The summed E-state index contributed by atoms with van der Waals surface area (Å²) in [4.78, 5) is 22.0. The fourth-order valence-corrected chi connectivity index (χ4v) is 6.27. The largest absolute Gasteiger partial charge is 0.329 e. The van der Waals surface area contributed by atoms with Crippen molar-refractivity contribution in [2.24, 2.45) is 5.92 Å². The minimum Gasteiger partial charge on any atom is -0.329 e. The van der Waals surface area contributed by atoms with Crippen molar-refractivity contribution in [1.29, 1.82) is 0 Å². The molecule has 1 fully saturated rings. The van der Waals surface area contributed by atoms with Gasteiger partial charge in [0.05, 0.1) is 41.7 Å². The SMILES string of the molecule is CCOP(C)(=O)Cc1cnc(NC(=O)[C@H](CC2CCCC2)c2ccc(S(C)(=O)=O)cc2)cn1. The van der Waals surface area contributed by atoms with Gasteiger partial charge in [-0.05, 0) is 37.0 Å². The molecule has 0 radical (unpaired) electrons. The second kappa shape index (κ2) is 10.9. The summed E-state index contributed by atoms with van der Waals surface area (Å²) in [7, 11) is -6.08. The van der Waals surface area contributed by atoms with Crippen molar-refractivity contribution < 1.29 is 22.3 Å². The Bertz CT molecular complexity index is 1100. The van der Waals surface area contributed by atoms with Crippen molar-refractivity contribution in [3.63, 3.8) is 0 Å². The van der Waals surface area contributed by atoms with Crippen LogP contribution in [-0.4, -0.2) is 43.8 Å². The Hall–Kier alpha value is -2.09. The lowest BCUT2D eigenvalue weighted by molar-refractivity contribution is -0.118. The zero-order valence-corrected chi connectivity index (χ0v) is 21.1. The summed E-state index contributed by atoms with van der Waals surface area (Å²) < 4.78 is 41.2. The molecular formula is C23H32N3O5PS. The molecule has 1 unspecified atom stereocenters. The quantitative estimate of drug-likeness (QED) is 0.480. The Labute approximate surface area is 195 Å². The standard InChI is InChI=1S/C23H32N3O5PS/c1-4-31-32(2,28)16-19-14-25-22(15-24-19)26-23(27)21(13-17-7-5-6-8-17)18-9-11-20(12-10-18)33(3,29)30/h9-12,14-15,17,21H,4-8,13,16H2,1-3H3,(H,25,26,27)/t21-,32?/m1/s1. The average molecular weight is 494 g/mol. The summed E-state index contributed by atoms with van der Waals surface area (Å²) in [5.41, 5.74) is 1.31. The zero-order valence-electron chi connectivity index (χ0n) is 19.4. The molecule has 3 rings (SSSR count). The molecule has 0 spiro atoms. The van der Waals surface area contributed by atoms with E-state index in [1.807, 2.05) is 0 Å². The summed E-state index contributed by atoms with van der Waals surface area (Å²) in [5, 5.41) is 2.84. The van der Waals surface area contributed by atoms with Gasteiger partial charge >= 0.3 is 0 Å². The normalized spacial score (nSPS) is 17.4. The molecule has 1 aromatic carbocycles. The van der Waals surface area contributed by atoms with Crippen LogP contribution in [0.4, 0.5) is 5.82 Å². The van der Waals surface area contributed by atoms with Gasteiger partial charge in [-0.25, -0.2) is 13.4 Å². The highest BCUT2D eigenvalue weighted by Crippen LogP contribution is 2.45. The number of amides is 1. The number of anilines is 1. The Morgan fingerprint density at radius 1 is 1.18 bits per heavy atom. The van der Waals surface area contributed by atoms with Crippen molar-refractivity contribution in [3.05, 3.63) is 47.9 Å². The summed E-state index contributed by atoms with van der Waals surface area (Å²) in [6.45, 7) is 3.72. The van der Waals surface area contributed by atoms with Gasteiger partial charge in [-0.1, -0.05) is 37.8 Å². The van der Waals surface area contributed by atoms with Gasteiger partial charge in [0.1, 0.15) is 0 Å². The van der Waals surface area contributed by atoms with Crippen LogP contribution in [0.5, 0.6) is 0 Å². The predicted molar refractivity (Wildman–Crippen MR) is 128 cm³/mol. The molecule has 1 heterocycles. The van der Waals surface area contributed by atoms with E-state index in [0.717, 1.165) is 18.4 Å². The number of benzene rings is 1. The Balaban J connectivity index is 1.75. The van der Waals surface area contributed by atoms with Crippen LogP contribution in [0.25, 0.3) is 0 Å². The summed E-state index contributed by atoms with van der Waals surface area (Å²) >= 11 is 0. The Morgan fingerprint density at radius 3 is 2.39 bits per heavy atom. The summed E-state index contributed by atoms with van der Waals surface area (Å²) in [5.74, 6) is 0.153. The van der Waals surface area contributed by atoms with Crippen LogP contribution in [0.2, 0.25) is 0 Å². The lowest BCUT2D eigenvalue weighted by Gasteiger charge is -2.21. The molecule has 0 bridgehead atoms. The average Bonchev–Trinajstić information content (AvgIpc) is 3.26. The molecule has 1 aromatic heterocycles. The molecule has 8 nitrogen and oxygen atoms in total. The maximum Gasteiger partial charge on any atom is 0.233 e. The zero-order chi connectivity index (χ0) is 24.1. The second-order valence-corrected chi connectivity index (χ2v) is 13.4. The van der Waals surface area contributed by atoms with Crippen LogP contribution in [0.3, 0.4) is 0 Å². The first-order valence-electron chi connectivity index (χ1n) is 11.2. The first-order valence-corrected chi connectivity index (χ1v) is 15.3. The van der Waals surface area contributed by atoms with E-state index in [1.54, 1.807) is 37.9 Å². The Kier molecular flexibility index (Phi) is 8.43. The van der Waals surface area contributed by atoms with Crippen molar-refractivity contribution >= 4 is 28.9 Å². The first-order chi connectivity index (χ1) is 15.6. The lowest BCUT2D eigenvalue weighted by Crippen LogP contribution is -2.24. The molecule has 0 saturated heterocycles. The molecular weight excluding hydrogens is 461 g/mol. The molecule has 2 aromatic rings. The van der Waals surface area contributed by atoms with Gasteiger partial charge in [-0.2, -0.15) is 0 Å². The number of aromatic nitrogens is 2. The molecule has 1 amide bonds. The molecule has 33 heavy (non-hydrogen) atoms. The topological polar surface area (TPSA) is 115 Å². The second-order valence-electron chi connectivity index (χ2n) is 8.75. The van der Waals surface area contributed by atoms with Crippen molar-refractivity contribution in [2.75, 3.05) is 24.8 Å². The number of carbonyl (C=O) groups is 1.